The minimum Gasteiger partial charge on any atom is -0.440 e. The standard InChI is InChI=1S/C16H19N3O2S/c1-10-5-6-15(22-10)16-17-14(12(3)21-16)9-19(4)11(2)13-7-8-20-18-13/h5-8,11H,9H2,1-4H3. The van der Waals surface area contributed by atoms with Crippen LogP contribution < -0.4 is 0 Å². The smallest absolute Gasteiger partial charge is 0.236 e. The van der Waals surface area contributed by atoms with Crippen molar-refractivity contribution in [2.75, 3.05) is 7.05 Å². The van der Waals surface area contributed by atoms with Crippen LogP contribution in [0.5, 0.6) is 0 Å². The molecule has 6 heteroatoms. The molecule has 0 fully saturated rings. The van der Waals surface area contributed by atoms with E-state index >= 15 is 0 Å². The van der Waals surface area contributed by atoms with Crippen LogP contribution in [0, 0.1) is 13.8 Å². The van der Waals surface area contributed by atoms with Gasteiger partial charge in [-0.25, -0.2) is 4.98 Å². The molecule has 0 bridgehead atoms. The molecule has 1 atom stereocenters. The fourth-order valence-electron chi connectivity index (χ4n) is 2.27. The Bertz CT molecular complexity index is 745. The van der Waals surface area contributed by atoms with Crippen LogP contribution in [0.2, 0.25) is 0 Å². The second-order valence-corrected chi connectivity index (χ2v) is 6.74. The summed E-state index contributed by atoms with van der Waals surface area (Å²) in [6, 6.07) is 6.17. The largest absolute Gasteiger partial charge is 0.440 e. The third kappa shape index (κ3) is 2.98. The van der Waals surface area contributed by atoms with Gasteiger partial charge in [-0.3, -0.25) is 4.90 Å². The van der Waals surface area contributed by atoms with E-state index in [9.17, 15) is 0 Å². The van der Waals surface area contributed by atoms with E-state index in [-0.39, 0.29) is 6.04 Å². The second kappa shape index (κ2) is 6.06. The first-order valence-electron chi connectivity index (χ1n) is 7.18. The first-order valence-corrected chi connectivity index (χ1v) is 8.00. The highest BCUT2D eigenvalue weighted by Crippen LogP contribution is 2.29. The zero-order valence-electron chi connectivity index (χ0n) is 13.2. The molecule has 0 radical (unpaired) electrons. The number of oxazole rings is 1. The summed E-state index contributed by atoms with van der Waals surface area (Å²) in [6.07, 6.45) is 1.60. The van der Waals surface area contributed by atoms with Crippen molar-refractivity contribution >= 4 is 11.3 Å². The molecular weight excluding hydrogens is 298 g/mol. The molecule has 0 N–H and O–H groups in total. The molecule has 3 aromatic heterocycles. The first kappa shape index (κ1) is 15.0. The summed E-state index contributed by atoms with van der Waals surface area (Å²) >= 11 is 1.69. The predicted molar refractivity (Wildman–Crippen MR) is 85.7 cm³/mol. The van der Waals surface area contributed by atoms with Crippen LogP contribution in [0.15, 0.2) is 33.4 Å². The fourth-order valence-corrected chi connectivity index (χ4v) is 3.06. The zero-order valence-corrected chi connectivity index (χ0v) is 14.0. The Kier molecular flexibility index (Phi) is 4.13. The van der Waals surface area contributed by atoms with Gasteiger partial charge < -0.3 is 8.94 Å². The summed E-state index contributed by atoms with van der Waals surface area (Å²) in [4.78, 5) is 9.15. The van der Waals surface area contributed by atoms with Crippen LogP contribution in [0.1, 0.15) is 35.0 Å². The second-order valence-electron chi connectivity index (χ2n) is 5.45. The lowest BCUT2D eigenvalue weighted by Crippen LogP contribution is -2.22. The van der Waals surface area contributed by atoms with E-state index in [0.717, 1.165) is 22.0 Å². The van der Waals surface area contributed by atoms with Crippen molar-refractivity contribution in [3.63, 3.8) is 0 Å². The minimum absolute atomic E-state index is 0.155. The molecule has 0 aliphatic carbocycles. The molecule has 0 spiro atoms. The number of rotatable bonds is 5. The number of aryl methyl sites for hydroxylation is 2. The molecule has 3 rings (SSSR count). The van der Waals surface area contributed by atoms with Gasteiger partial charge in [-0.1, -0.05) is 5.16 Å². The van der Waals surface area contributed by atoms with Gasteiger partial charge in [0, 0.05) is 17.5 Å². The fraction of sp³-hybridized carbons (Fsp3) is 0.375. The Morgan fingerprint density at radius 1 is 1.27 bits per heavy atom. The van der Waals surface area contributed by atoms with Crippen molar-refractivity contribution in [1.29, 1.82) is 0 Å². The van der Waals surface area contributed by atoms with Gasteiger partial charge in [0.05, 0.1) is 16.6 Å². The monoisotopic (exact) mass is 317 g/mol. The van der Waals surface area contributed by atoms with E-state index in [1.54, 1.807) is 17.6 Å². The molecule has 22 heavy (non-hydrogen) atoms. The van der Waals surface area contributed by atoms with Gasteiger partial charge in [-0.05, 0) is 40.0 Å². The topological polar surface area (TPSA) is 55.3 Å². The van der Waals surface area contributed by atoms with E-state index in [0.29, 0.717) is 12.4 Å². The molecule has 0 saturated heterocycles. The Morgan fingerprint density at radius 2 is 2.09 bits per heavy atom. The predicted octanol–water partition coefficient (Wildman–Crippen LogP) is 4.20. The van der Waals surface area contributed by atoms with Crippen molar-refractivity contribution in [3.8, 4) is 10.8 Å². The maximum atomic E-state index is 5.82. The van der Waals surface area contributed by atoms with Crippen LogP contribution >= 0.6 is 11.3 Å². The Hall–Kier alpha value is -1.92. The lowest BCUT2D eigenvalue weighted by atomic mass is 10.2. The highest BCUT2D eigenvalue weighted by molar-refractivity contribution is 7.15. The Balaban J connectivity index is 1.76. The van der Waals surface area contributed by atoms with Gasteiger partial charge in [0.15, 0.2) is 0 Å². The molecule has 1 unspecified atom stereocenters. The van der Waals surface area contributed by atoms with Crippen molar-refractivity contribution in [1.82, 2.24) is 15.0 Å². The molecule has 0 amide bonds. The molecule has 0 saturated carbocycles. The molecule has 3 aromatic rings. The van der Waals surface area contributed by atoms with Crippen LogP contribution in [0.4, 0.5) is 0 Å². The summed E-state index contributed by atoms with van der Waals surface area (Å²) in [5, 5.41) is 4.00. The van der Waals surface area contributed by atoms with Gasteiger partial charge in [0.1, 0.15) is 17.7 Å². The van der Waals surface area contributed by atoms with Crippen LogP contribution in [-0.2, 0) is 6.54 Å². The minimum atomic E-state index is 0.155. The summed E-state index contributed by atoms with van der Waals surface area (Å²) < 4.78 is 10.7. The summed E-state index contributed by atoms with van der Waals surface area (Å²) in [5.41, 5.74) is 1.87. The molecule has 0 aromatic carbocycles. The summed E-state index contributed by atoms with van der Waals surface area (Å²) in [6.45, 7) is 6.84. The zero-order chi connectivity index (χ0) is 15.7. The third-order valence-corrected chi connectivity index (χ3v) is 4.78. The number of hydrogen-bond acceptors (Lipinski definition) is 6. The van der Waals surface area contributed by atoms with Gasteiger partial charge in [-0.2, -0.15) is 0 Å². The van der Waals surface area contributed by atoms with E-state index in [2.05, 4.69) is 41.0 Å². The van der Waals surface area contributed by atoms with Crippen molar-refractivity contribution in [2.45, 2.75) is 33.4 Å². The Morgan fingerprint density at radius 3 is 2.73 bits per heavy atom. The molecule has 0 aliphatic rings. The number of nitrogens with zero attached hydrogens (tertiary/aromatic N) is 3. The molecule has 3 heterocycles. The van der Waals surface area contributed by atoms with Crippen molar-refractivity contribution in [2.24, 2.45) is 0 Å². The van der Waals surface area contributed by atoms with Crippen molar-refractivity contribution in [3.05, 3.63) is 46.5 Å². The summed E-state index contributed by atoms with van der Waals surface area (Å²) in [7, 11) is 2.04. The summed E-state index contributed by atoms with van der Waals surface area (Å²) in [5.74, 6) is 1.56. The van der Waals surface area contributed by atoms with E-state index < -0.39 is 0 Å². The highest BCUT2D eigenvalue weighted by atomic mass is 32.1. The maximum Gasteiger partial charge on any atom is 0.236 e. The van der Waals surface area contributed by atoms with Crippen LogP contribution in [-0.4, -0.2) is 22.1 Å². The third-order valence-electron chi connectivity index (χ3n) is 3.79. The molecular formula is C16H19N3O2S. The van der Waals surface area contributed by atoms with Gasteiger partial charge in [0.2, 0.25) is 5.89 Å². The quantitative estimate of drug-likeness (QED) is 0.706. The SMILES string of the molecule is Cc1ccc(-c2nc(CN(C)C(C)c3ccon3)c(C)o2)s1. The van der Waals surface area contributed by atoms with E-state index in [1.165, 1.54) is 4.88 Å². The highest BCUT2D eigenvalue weighted by Gasteiger charge is 2.19. The van der Waals surface area contributed by atoms with Crippen LogP contribution in [0.3, 0.4) is 0 Å². The van der Waals surface area contributed by atoms with Gasteiger partial charge >= 0.3 is 0 Å². The van der Waals surface area contributed by atoms with Crippen molar-refractivity contribution < 1.29 is 8.94 Å². The average molecular weight is 317 g/mol. The Labute approximate surface area is 133 Å². The normalized spacial score (nSPS) is 13.0. The molecule has 5 nitrogen and oxygen atoms in total. The van der Waals surface area contributed by atoms with Gasteiger partial charge in [0.25, 0.3) is 0 Å². The number of hydrogen-bond donors (Lipinski definition) is 0. The maximum absolute atomic E-state index is 5.82. The van der Waals surface area contributed by atoms with Crippen LogP contribution in [0.25, 0.3) is 10.8 Å². The van der Waals surface area contributed by atoms with E-state index in [4.69, 9.17) is 8.94 Å². The lowest BCUT2D eigenvalue weighted by Gasteiger charge is -2.21. The number of thiophene rings is 1. The van der Waals surface area contributed by atoms with Gasteiger partial charge in [-0.15, -0.1) is 11.3 Å². The first-order chi connectivity index (χ1) is 10.5. The number of aromatic nitrogens is 2. The molecule has 116 valence electrons. The van der Waals surface area contributed by atoms with E-state index in [1.807, 2.05) is 20.0 Å². The average Bonchev–Trinajstić information content (AvgIpc) is 3.20. The molecule has 0 aliphatic heterocycles. The lowest BCUT2D eigenvalue weighted by molar-refractivity contribution is 0.237.